The lowest BCUT2D eigenvalue weighted by Gasteiger charge is -2.40. The highest BCUT2D eigenvalue weighted by Gasteiger charge is 2.76. The molecule has 0 radical (unpaired) electrons. The highest BCUT2D eigenvalue weighted by atomic mass is 32.2. The Kier molecular flexibility index (Phi) is 6.29. The van der Waals surface area contributed by atoms with Crippen molar-refractivity contribution in [3.63, 3.8) is 0 Å². The van der Waals surface area contributed by atoms with Gasteiger partial charge in [0, 0.05) is 18.8 Å². The molecule has 3 N–H and O–H groups in total. The molecule has 28 heavy (non-hydrogen) atoms. The van der Waals surface area contributed by atoms with Gasteiger partial charge < -0.3 is 20.6 Å². The van der Waals surface area contributed by atoms with E-state index in [9.17, 15) is 19.5 Å². The standard InChI is InChI=1S/C20H33N3O4S/c1-5-7-8-22-18(26)16-20-11(3)9-13(28-20)14(17(25)21-4)15(20)19(27)23(16)12(6-2)10-24/h11-16,24H,5-10H2,1-4H3,(H,21,25)(H,22,26)/t11?,12-,13-,14+,15-,16?,20?/m0/s1. The molecule has 3 amide bonds. The Morgan fingerprint density at radius 3 is 2.64 bits per heavy atom. The van der Waals surface area contributed by atoms with Crippen molar-refractivity contribution in [3.05, 3.63) is 0 Å². The first kappa shape index (κ1) is 21.4. The summed E-state index contributed by atoms with van der Waals surface area (Å²) in [5.41, 5.74) is 0. The van der Waals surface area contributed by atoms with Crippen molar-refractivity contribution in [3.8, 4) is 0 Å². The summed E-state index contributed by atoms with van der Waals surface area (Å²) in [7, 11) is 1.60. The third-order valence-corrected chi connectivity index (χ3v) is 8.96. The number of hydrogen-bond donors (Lipinski definition) is 3. The van der Waals surface area contributed by atoms with Gasteiger partial charge >= 0.3 is 0 Å². The number of rotatable bonds is 8. The first-order valence-corrected chi connectivity index (χ1v) is 11.4. The molecule has 0 aromatic rings. The van der Waals surface area contributed by atoms with Crippen molar-refractivity contribution in [1.29, 1.82) is 0 Å². The number of nitrogens with one attached hydrogen (secondary N) is 2. The summed E-state index contributed by atoms with van der Waals surface area (Å²) in [5.74, 6) is -1.17. The highest BCUT2D eigenvalue weighted by molar-refractivity contribution is 8.02. The predicted octanol–water partition coefficient (Wildman–Crippen LogP) is 0.757. The summed E-state index contributed by atoms with van der Waals surface area (Å²) in [4.78, 5) is 41.2. The van der Waals surface area contributed by atoms with Crippen molar-refractivity contribution in [2.75, 3.05) is 20.2 Å². The van der Waals surface area contributed by atoms with Crippen LogP contribution in [0.5, 0.6) is 0 Å². The van der Waals surface area contributed by atoms with Gasteiger partial charge in [-0.2, -0.15) is 0 Å². The fourth-order valence-electron chi connectivity index (χ4n) is 5.52. The van der Waals surface area contributed by atoms with Gasteiger partial charge in [0.1, 0.15) is 6.04 Å². The monoisotopic (exact) mass is 411 g/mol. The van der Waals surface area contributed by atoms with Gasteiger partial charge in [-0.25, -0.2) is 0 Å². The number of amides is 3. The van der Waals surface area contributed by atoms with Gasteiger partial charge in [-0.1, -0.05) is 27.2 Å². The van der Waals surface area contributed by atoms with E-state index in [1.54, 1.807) is 23.7 Å². The van der Waals surface area contributed by atoms with E-state index in [2.05, 4.69) is 24.5 Å². The average Bonchev–Trinajstić information content (AvgIpc) is 3.27. The molecule has 2 bridgehead atoms. The molecule has 3 fully saturated rings. The van der Waals surface area contributed by atoms with Crippen molar-refractivity contribution in [1.82, 2.24) is 15.5 Å². The van der Waals surface area contributed by atoms with Crippen LogP contribution in [-0.4, -0.2) is 70.0 Å². The Bertz CT molecular complexity index is 641. The van der Waals surface area contributed by atoms with Crippen molar-refractivity contribution in [2.45, 2.75) is 68.5 Å². The molecule has 3 heterocycles. The van der Waals surface area contributed by atoms with Gasteiger partial charge in [0.05, 0.1) is 29.2 Å². The van der Waals surface area contributed by atoms with Crippen LogP contribution < -0.4 is 10.6 Å². The summed E-state index contributed by atoms with van der Waals surface area (Å²) in [6.45, 7) is 6.47. The van der Waals surface area contributed by atoms with Crippen LogP contribution in [0.15, 0.2) is 0 Å². The van der Waals surface area contributed by atoms with Gasteiger partial charge in [-0.15, -0.1) is 11.8 Å². The summed E-state index contributed by atoms with van der Waals surface area (Å²) < 4.78 is -0.599. The molecule has 3 aliphatic heterocycles. The zero-order valence-corrected chi connectivity index (χ0v) is 18.1. The third kappa shape index (κ3) is 2.95. The minimum atomic E-state index is -0.640. The lowest BCUT2D eigenvalue weighted by Crippen LogP contribution is -2.58. The fourth-order valence-corrected chi connectivity index (χ4v) is 7.93. The number of aliphatic hydroxyl groups is 1. The topological polar surface area (TPSA) is 98.7 Å². The van der Waals surface area contributed by atoms with Crippen molar-refractivity contribution < 1.29 is 19.5 Å². The van der Waals surface area contributed by atoms with Crippen LogP contribution in [0.4, 0.5) is 0 Å². The number of fused-ring (bicyclic) bond motifs is 1. The second kappa shape index (κ2) is 8.22. The Labute approximate surface area is 171 Å². The Morgan fingerprint density at radius 2 is 2.07 bits per heavy atom. The quantitative estimate of drug-likeness (QED) is 0.512. The molecular formula is C20H33N3O4S. The molecule has 0 saturated carbocycles. The molecule has 3 saturated heterocycles. The summed E-state index contributed by atoms with van der Waals surface area (Å²) in [6, 6.07) is -1.05. The molecule has 3 aliphatic rings. The zero-order chi connectivity index (χ0) is 20.6. The Morgan fingerprint density at radius 1 is 1.36 bits per heavy atom. The molecule has 3 unspecified atom stereocenters. The van der Waals surface area contributed by atoms with Crippen molar-refractivity contribution in [2.24, 2.45) is 17.8 Å². The summed E-state index contributed by atoms with van der Waals surface area (Å²) in [5, 5.41) is 15.7. The molecule has 3 rings (SSSR count). The molecular weight excluding hydrogens is 378 g/mol. The molecule has 0 aromatic carbocycles. The number of carbonyl (C=O) groups is 3. The number of carbonyl (C=O) groups excluding carboxylic acids is 3. The normalized spacial score (nSPS) is 37.1. The van der Waals surface area contributed by atoms with Crippen LogP contribution in [0, 0.1) is 17.8 Å². The van der Waals surface area contributed by atoms with E-state index in [1.165, 1.54) is 0 Å². The van der Waals surface area contributed by atoms with Crippen LogP contribution >= 0.6 is 11.8 Å². The van der Waals surface area contributed by atoms with Gasteiger partial charge in [0.25, 0.3) is 0 Å². The van der Waals surface area contributed by atoms with Gasteiger partial charge in [-0.05, 0) is 25.2 Å². The van der Waals surface area contributed by atoms with Crippen LogP contribution in [-0.2, 0) is 14.4 Å². The first-order valence-electron chi connectivity index (χ1n) is 10.5. The Balaban J connectivity index is 2.04. The second-order valence-electron chi connectivity index (χ2n) is 8.30. The molecule has 1 spiro atoms. The van der Waals surface area contributed by atoms with E-state index in [0.717, 1.165) is 19.3 Å². The lowest BCUT2D eigenvalue weighted by atomic mass is 9.66. The Hall–Kier alpha value is -1.28. The maximum atomic E-state index is 13.6. The number of thioether (sulfide) groups is 1. The molecule has 0 aliphatic carbocycles. The van der Waals surface area contributed by atoms with E-state index in [4.69, 9.17) is 0 Å². The number of unbranched alkanes of at least 4 members (excludes halogenated alkanes) is 1. The van der Waals surface area contributed by atoms with E-state index < -0.39 is 28.7 Å². The van der Waals surface area contributed by atoms with Crippen LogP contribution in [0.25, 0.3) is 0 Å². The molecule has 7 nitrogen and oxygen atoms in total. The van der Waals surface area contributed by atoms with E-state index in [0.29, 0.717) is 13.0 Å². The predicted molar refractivity (Wildman–Crippen MR) is 109 cm³/mol. The minimum Gasteiger partial charge on any atom is -0.394 e. The molecule has 0 aromatic heterocycles. The van der Waals surface area contributed by atoms with Crippen LogP contribution in [0.3, 0.4) is 0 Å². The van der Waals surface area contributed by atoms with Crippen LogP contribution in [0.2, 0.25) is 0 Å². The average molecular weight is 412 g/mol. The van der Waals surface area contributed by atoms with Gasteiger partial charge in [0.15, 0.2) is 0 Å². The zero-order valence-electron chi connectivity index (χ0n) is 17.2. The largest absolute Gasteiger partial charge is 0.394 e. The number of likely N-dealkylation sites (tertiary alicyclic amines) is 1. The van der Waals surface area contributed by atoms with Crippen LogP contribution in [0.1, 0.15) is 46.5 Å². The van der Waals surface area contributed by atoms with E-state index in [-0.39, 0.29) is 35.5 Å². The number of aliphatic hydroxyl groups excluding tert-OH is 1. The van der Waals surface area contributed by atoms with E-state index in [1.807, 2.05) is 6.92 Å². The summed E-state index contributed by atoms with van der Waals surface area (Å²) >= 11 is 1.67. The maximum Gasteiger partial charge on any atom is 0.244 e. The number of hydrogen-bond acceptors (Lipinski definition) is 5. The number of nitrogens with zero attached hydrogens (tertiary/aromatic N) is 1. The highest BCUT2D eigenvalue weighted by Crippen LogP contribution is 2.68. The molecule has 158 valence electrons. The molecule has 8 heteroatoms. The van der Waals surface area contributed by atoms with E-state index >= 15 is 0 Å². The van der Waals surface area contributed by atoms with Gasteiger partial charge in [-0.3, -0.25) is 14.4 Å². The van der Waals surface area contributed by atoms with Crippen molar-refractivity contribution >= 4 is 29.5 Å². The smallest absolute Gasteiger partial charge is 0.244 e. The van der Waals surface area contributed by atoms with Gasteiger partial charge in [0.2, 0.25) is 17.7 Å². The maximum absolute atomic E-state index is 13.6. The SMILES string of the molecule is CCCCNC(=O)C1N([C@@H](CC)CO)C(=O)[C@@H]2[C@H](C(=O)NC)[C@@H]3CC(C)C12S3. The first-order chi connectivity index (χ1) is 13.4. The third-order valence-electron chi connectivity index (χ3n) is 6.89. The lowest BCUT2D eigenvalue weighted by molar-refractivity contribution is -0.142. The second-order valence-corrected chi connectivity index (χ2v) is 9.85. The molecule has 7 atom stereocenters. The minimum absolute atomic E-state index is 0.0613. The summed E-state index contributed by atoms with van der Waals surface area (Å²) in [6.07, 6.45) is 3.25. The fraction of sp³-hybridized carbons (Fsp3) is 0.850.